The maximum absolute atomic E-state index is 10.6. The van der Waals surface area contributed by atoms with Crippen LogP contribution >= 0.6 is 11.6 Å². The van der Waals surface area contributed by atoms with Gasteiger partial charge in [-0.2, -0.15) is 5.26 Å². The van der Waals surface area contributed by atoms with Gasteiger partial charge in [-0.3, -0.25) is 4.79 Å². The topological polar surface area (TPSA) is 169 Å². The van der Waals surface area contributed by atoms with Crippen molar-refractivity contribution in [2.45, 2.75) is 27.2 Å². The van der Waals surface area contributed by atoms with Gasteiger partial charge in [0.05, 0.1) is 17.6 Å². The number of hydrogen-bond donors (Lipinski definition) is 2. The number of carboxylic acid groups (broad SMARTS) is 1. The van der Waals surface area contributed by atoms with Gasteiger partial charge in [-0.1, -0.05) is 42.8 Å². The highest BCUT2D eigenvalue weighted by Gasteiger charge is 2.16. The molecule has 0 unspecified atom stereocenters. The predicted molar refractivity (Wildman–Crippen MR) is 123 cm³/mol. The molecule has 0 radical (unpaired) electrons. The lowest BCUT2D eigenvalue weighted by Gasteiger charge is -2.08. The average molecular weight is 470 g/mol. The number of ether oxygens (including phenoxy) is 1. The van der Waals surface area contributed by atoms with Gasteiger partial charge in [0.2, 0.25) is 5.82 Å². The van der Waals surface area contributed by atoms with Crippen LogP contribution in [0.4, 0.5) is 11.8 Å². The van der Waals surface area contributed by atoms with Gasteiger partial charge in [0.15, 0.2) is 0 Å². The van der Waals surface area contributed by atoms with Crippen LogP contribution in [0.1, 0.15) is 36.8 Å². The highest BCUT2D eigenvalue weighted by molar-refractivity contribution is 6.30. The van der Waals surface area contributed by atoms with Crippen molar-refractivity contribution in [3.63, 3.8) is 0 Å². The molecule has 0 aliphatic rings. The van der Waals surface area contributed by atoms with E-state index in [0.29, 0.717) is 16.8 Å². The van der Waals surface area contributed by atoms with Crippen molar-refractivity contribution in [2.24, 2.45) is 0 Å². The van der Waals surface area contributed by atoms with Crippen LogP contribution in [-0.4, -0.2) is 16.9 Å². The largest absolute Gasteiger partial charge is 0.545 e. The molecule has 3 rings (SSSR count). The Labute approximate surface area is 196 Å². The van der Waals surface area contributed by atoms with Crippen LogP contribution < -0.4 is 26.3 Å². The number of nitrogen functional groups attached to an aromatic ring is 2. The second-order valence-corrected chi connectivity index (χ2v) is 6.76. The monoisotopic (exact) mass is 469 g/mol. The van der Waals surface area contributed by atoms with Crippen molar-refractivity contribution in [3.05, 3.63) is 64.8 Å². The van der Waals surface area contributed by atoms with E-state index in [9.17, 15) is 14.7 Å². The molecule has 9 nitrogen and oxygen atoms in total. The summed E-state index contributed by atoms with van der Waals surface area (Å²) in [6.45, 7) is 4.65. The molecule has 172 valence electrons. The van der Waals surface area contributed by atoms with E-state index in [1.165, 1.54) is 32.0 Å². The molecule has 0 aliphatic heterocycles. The molecule has 1 aromatic heterocycles. The van der Waals surface area contributed by atoms with Gasteiger partial charge in [0.25, 0.3) is 0 Å². The molecule has 0 fully saturated rings. The van der Waals surface area contributed by atoms with E-state index in [2.05, 4.69) is 14.7 Å². The molecule has 33 heavy (non-hydrogen) atoms. The molecule has 0 saturated carbocycles. The van der Waals surface area contributed by atoms with E-state index in [1.807, 2.05) is 31.2 Å². The first kappa shape index (κ1) is 26.9. The van der Waals surface area contributed by atoms with Gasteiger partial charge in [0.1, 0.15) is 11.4 Å². The number of nitriles is 1. The number of aromatic nitrogens is 2. The molecule has 0 saturated heterocycles. The molecule has 2 aromatic carbocycles. The minimum atomic E-state index is -1.36. The van der Waals surface area contributed by atoms with Crippen LogP contribution in [0, 0.1) is 11.3 Å². The number of nitrogens with one attached hydrogen (secondary N) is 1. The molecule has 0 amide bonds. The number of hydrogen-bond acceptors (Lipinski definition) is 8. The summed E-state index contributed by atoms with van der Waals surface area (Å²) in [5.41, 5.74) is 14.2. The summed E-state index contributed by atoms with van der Waals surface area (Å²) in [6, 6.07) is 15.0. The van der Waals surface area contributed by atoms with E-state index in [0.717, 1.165) is 23.2 Å². The summed E-state index contributed by atoms with van der Waals surface area (Å²) in [6.07, 6.45) is 0.765. The fourth-order valence-electron chi connectivity index (χ4n) is 2.66. The van der Waals surface area contributed by atoms with Gasteiger partial charge in [-0.05, 0) is 36.2 Å². The number of anilines is 2. The highest BCUT2D eigenvalue weighted by Crippen LogP contribution is 2.27. The van der Waals surface area contributed by atoms with Crippen molar-refractivity contribution in [2.75, 3.05) is 11.5 Å². The van der Waals surface area contributed by atoms with Crippen molar-refractivity contribution < 1.29 is 24.4 Å². The summed E-state index contributed by atoms with van der Waals surface area (Å²) < 4.78 is 4.65. The normalized spacial score (nSPS) is 9.30. The predicted octanol–water partition coefficient (Wildman–Crippen LogP) is 2.45. The maximum Gasteiger partial charge on any atom is 0.342 e. The Kier molecular flexibility index (Phi) is 10.8. The Balaban J connectivity index is 0.000000304. The number of nitrogens with zero attached hydrogens (tertiary/aromatic N) is 2. The molecule has 5 N–H and O–H groups in total. The van der Waals surface area contributed by atoms with E-state index >= 15 is 0 Å². The number of carbonyl (C=O) groups is 2. The quantitative estimate of drug-likeness (QED) is 0.433. The highest BCUT2D eigenvalue weighted by atomic mass is 35.5. The lowest BCUT2D eigenvalue weighted by atomic mass is 10.0. The number of carbonyl (C=O) groups excluding carboxylic acids is 2. The number of halogens is 1. The number of aryl methyl sites for hydroxylation is 1. The number of carboxylic acids is 1. The number of H-pyrrole nitrogens is 1. The third kappa shape index (κ3) is 8.47. The van der Waals surface area contributed by atoms with Crippen LogP contribution in [0.3, 0.4) is 0 Å². The number of esters is 1. The summed E-state index contributed by atoms with van der Waals surface area (Å²) in [5, 5.41) is 18.5. The summed E-state index contributed by atoms with van der Waals surface area (Å²) >= 11 is 5.86. The smallest absolute Gasteiger partial charge is 0.342 e. The van der Waals surface area contributed by atoms with Crippen molar-refractivity contribution in [3.8, 4) is 22.9 Å². The van der Waals surface area contributed by atoms with Gasteiger partial charge >= 0.3 is 11.9 Å². The second-order valence-electron chi connectivity index (χ2n) is 6.32. The minimum absolute atomic E-state index is 0.00926. The van der Waals surface area contributed by atoms with Crippen molar-refractivity contribution in [1.82, 2.24) is 4.98 Å². The SMILES string of the molecule is CC#N.CC(=O)Oc1ccccc1C(=O)[O-].CCc1nc(N)[nH+]c(N)c1-c1ccc(Cl)cc1. The molecule has 0 bridgehead atoms. The zero-order valence-electron chi connectivity index (χ0n) is 18.4. The molecular formula is C23H24ClN5O4. The number of benzene rings is 2. The first-order valence-corrected chi connectivity index (χ1v) is 10.0. The molecule has 10 heteroatoms. The Hall–Kier alpha value is -4.16. The molecule has 1 heterocycles. The number of aromatic carboxylic acids is 1. The lowest BCUT2D eigenvalue weighted by molar-refractivity contribution is -0.346. The minimum Gasteiger partial charge on any atom is -0.545 e. The van der Waals surface area contributed by atoms with E-state index in [-0.39, 0.29) is 11.3 Å². The summed E-state index contributed by atoms with van der Waals surface area (Å²) in [5.74, 6) is -1.06. The van der Waals surface area contributed by atoms with Crippen molar-refractivity contribution in [1.29, 1.82) is 5.26 Å². The first-order chi connectivity index (χ1) is 15.6. The lowest BCUT2D eigenvalue weighted by Crippen LogP contribution is -2.23. The van der Waals surface area contributed by atoms with E-state index in [4.69, 9.17) is 28.3 Å². The van der Waals surface area contributed by atoms with Crippen LogP contribution in [-0.2, 0) is 11.2 Å². The third-order valence-electron chi connectivity index (χ3n) is 3.90. The standard InChI is InChI=1S/C12H13ClN4.C9H8O4.C2H3N/c1-2-9-10(11(14)17-12(15)16-9)7-3-5-8(13)6-4-7;1-6(10)13-8-5-3-2-4-7(8)9(11)12;1-2-3/h3-6H,2H2,1H3,(H4,14,15,16,17);2-5H,1H3,(H,11,12);1H3. The van der Waals surface area contributed by atoms with Gasteiger partial charge in [-0.15, -0.1) is 4.98 Å². The van der Waals surface area contributed by atoms with Gasteiger partial charge in [-0.25, -0.2) is 4.98 Å². The summed E-state index contributed by atoms with van der Waals surface area (Å²) in [7, 11) is 0. The van der Waals surface area contributed by atoms with Crippen LogP contribution in [0.25, 0.3) is 11.1 Å². The van der Waals surface area contributed by atoms with Gasteiger partial charge in [0, 0.05) is 24.4 Å². The third-order valence-corrected chi connectivity index (χ3v) is 4.16. The Morgan fingerprint density at radius 2 is 1.76 bits per heavy atom. The maximum atomic E-state index is 10.6. The Morgan fingerprint density at radius 1 is 1.18 bits per heavy atom. The molecule has 3 aromatic rings. The number of aromatic amines is 1. The summed E-state index contributed by atoms with van der Waals surface area (Å²) in [4.78, 5) is 28.2. The van der Waals surface area contributed by atoms with E-state index < -0.39 is 11.9 Å². The number of para-hydroxylation sites is 1. The van der Waals surface area contributed by atoms with Gasteiger partial charge < -0.3 is 26.1 Å². The average Bonchev–Trinajstić information content (AvgIpc) is 2.75. The number of nitrogens with two attached hydrogens (primary N) is 2. The molecule has 0 atom stereocenters. The first-order valence-electron chi connectivity index (χ1n) is 9.67. The van der Waals surface area contributed by atoms with Crippen LogP contribution in [0.15, 0.2) is 48.5 Å². The Morgan fingerprint density at radius 3 is 2.27 bits per heavy atom. The molecule has 0 aliphatic carbocycles. The molecule has 0 spiro atoms. The second kappa shape index (κ2) is 13.3. The molecular weight excluding hydrogens is 446 g/mol. The Bertz CT molecular complexity index is 1140. The number of rotatable bonds is 4. The van der Waals surface area contributed by atoms with Crippen LogP contribution in [0.2, 0.25) is 5.02 Å². The van der Waals surface area contributed by atoms with Crippen molar-refractivity contribution >= 4 is 35.3 Å². The van der Waals surface area contributed by atoms with Crippen LogP contribution in [0.5, 0.6) is 5.75 Å². The zero-order chi connectivity index (χ0) is 25.0. The fourth-order valence-corrected chi connectivity index (χ4v) is 2.78. The van der Waals surface area contributed by atoms with E-state index in [1.54, 1.807) is 12.1 Å². The zero-order valence-corrected chi connectivity index (χ0v) is 19.1. The fraction of sp³-hybridized carbons (Fsp3) is 0.174.